The third kappa shape index (κ3) is 8.85. The van der Waals surface area contributed by atoms with Gasteiger partial charge in [0.05, 0.1) is 19.0 Å². The van der Waals surface area contributed by atoms with Crippen LogP contribution in [0.25, 0.3) is 0 Å². The number of nitrogens with zero attached hydrogens (tertiary/aromatic N) is 6. The number of benzene rings is 1. The molecule has 39 heavy (non-hydrogen) atoms. The van der Waals surface area contributed by atoms with Crippen LogP contribution in [0.2, 0.25) is 0 Å². The Labute approximate surface area is 237 Å². The highest BCUT2D eigenvalue weighted by Gasteiger charge is 2.34. The highest BCUT2D eigenvalue weighted by molar-refractivity contribution is 6.03. The lowest BCUT2D eigenvalue weighted by molar-refractivity contribution is -0.139. The molecule has 2 aromatic rings. The van der Waals surface area contributed by atoms with Crippen molar-refractivity contribution in [2.75, 3.05) is 37.6 Å². The number of halogens is 2. The molecule has 3 heterocycles. The maximum absolute atomic E-state index is 12.7. The number of Topliss-reactive ketones (excluding diaryl/α,β-unsaturated/α-hetero) is 1. The summed E-state index contributed by atoms with van der Waals surface area (Å²) >= 11 is 0. The Morgan fingerprint density at radius 2 is 1.82 bits per heavy atom. The standard InChI is InChI=1S/C23H30N8O6.2ClH/c32-18(17(13-21(34)35)25-23(36)37-15-16-5-2-1-3-6-16)14-20(33)31-27-22(26-28-31)30-10-4-7-19(30)29-11-8-24-9-12-29;;/h1-3,5-6,17,19,24H,4,7-15H2,(H,25,36)(H,34,35);2*1H/t17?,19-;;/m1../s1. The number of carbonyl (C=O) groups is 4. The molecular weight excluding hydrogens is 555 g/mol. The molecule has 2 atom stereocenters. The van der Waals surface area contributed by atoms with Crippen molar-refractivity contribution in [3.05, 3.63) is 35.9 Å². The summed E-state index contributed by atoms with van der Waals surface area (Å²) in [6.07, 6.45) is -0.369. The molecule has 1 unspecified atom stereocenters. The van der Waals surface area contributed by atoms with Gasteiger partial charge >= 0.3 is 12.1 Å². The van der Waals surface area contributed by atoms with E-state index in [1.165, 1.54) is 0 Å². The van der Waals surface area contributed by atoms with Crippen molar-refractivity contribution in [1.29, 1.82) is 0 Å². The normalized spacial score (nSPS) is 17.8. The van der Waals surface area contributed by atoms with Crippen LogP contribution < -0.4 is 15.5 Å². The first-order valence-electron chi connectivity index (χ1n) is 12.2. The molecule has 0 saturated carbocycles. The second-order valence-electron chi connectivity index (χ2n) is 8.87. The van der Waals surface area contributed by atoms with E-state index >= 15 is 0 Å². The molecule has 1 aromatic heterocycles. The van der Waals surface area contributed by atoms with Gasteiger partial charge in [0.15, 0.2) is 5.78 Å². The van der Waals surface area contributed by atoms with Gasteiger partial charge in [-0.25, -0.2) is 4.79 Å². The first-order chi connectivity index (χ1) is 17.9. The van der Waals surface area contributed by atoms with Gasteiger partial charge < -0.3 is 25.4 Å². The number of hydrogen-bond acceptors (Lipinski definition) is 11. The van der Waals surface area contributed by atoms with Gasteiger partial charge in [0.2, 0.25) is 0 Å². The van der Waals surface area contributed by atoms with Crippen LogP contribution in [-0.2, 0) is 20.9 Å². The zero-order valence-corrected chi connectivity index (χ0v) is 22.7. The van der Waals surface area contributed by atoms with Gasteiger partial charge in [-0.05, 0) is 23.6 Å². The van der Waals surface area contributed by atoms with Gasteiger partial charge in [-0.15, -0.1) is 29.9 Å². The summed E-state index contributed by atoms with van der Waals surface area (Å²) in [7, 11) is 0. The molecule has 16 heteroatoms. The van der Waals surface area contributed by atoms with Gasteiger partial charge in [-0.1, -0.05) is 40.2 Å². The van der Waals surface area contributed by atoms with Crippen LogP contribution in [0.1, 0.15) is 36.0 Å². The number of tetrazole rings is 1. The second-order valence-corrected chi connectivity index (χ2v) is 8.87. The summed E-state index contributed by atoms with van der Waals surface area (Å²) in [4.78, 5) is 53.9. The summed E-state index contributed by atoms with van der Waals surface area (Å²) in [5.41, 5.74) is 0.721. The van der Waals surface area contributed by atoms with Crippen LogP contribution in [0.15, 0.2) is 30.3 Å². The number of carbonyl (C=O) groups excluding carboxylic acids is 3. The SMILES string of the molecule is Cl.Cl.O=C(O)CC(NC(=O)OCc1ccccc1)C(=O)CC(=O)n1nnc(N2CCC[C@@H]2N2CCNCC2)n1. The lowest BCUT2D eigenvalue weighted by Gasteiger charge is -2.37. The van der Waals surface area contributed by atoms with Crippen LogP contribution in [0.4, 0.5) is 10.7 Å². The predicted molar refractivity (Wildman–Crippen MR) is 143 cm³/mol. The number of piperazine rings is 1. The number of hydrogen-bond donors (Lipinski definition) is 3. The number of carboxylic acids is 1. The average molecular weight is 587 g/mol. The lowest BCUT2D eigenvalue weighted by atomic mass is 10.1. The van der Waals surface area contributed by atoms with Crippen LogP contribution in [0, 0.1) is 0 Å². The monoisotopic (exact) mass is 586 g/mol. The van der Waals surface area contributed by atoms with Gasteiger partial charge in [0.1, 0.15) is 12.6 Å². The number of alkyl carbamates (subject to hydrolysis) is 1. The van der Waals surface area contributed by atoms with E-state index in [2.05, 4.69) is 30.9 Å². The Morgan fingerprint density at radius 3 is 2.51 bits per heavy atom. The molecule has 1 amide bonds. The number of anilines is 1. The number of ketones is 1. The predicted octanol–water partition coefficient (Wildman–Crippen LogP) is 0.717. The van der Waals surface area contributed by atoms with Gasteiger partial charge in [-0.2, -0.15) is 0 Å². The molecule has 0 radical (unpaired) electrons. The van der Waals surface area contributed by atoms with Crippen LogP contribution in [0.5, 0.6) is 0 Å². The van der Waals surface area contributed by atoms with E-state index < -0.39 is 42.6 Å². The number of nitrogens with one attached hydrogen (secondary N) is 2. The Balaban J connectivity index is 0.00000267. The number of carboxylic acid groups (broad SMARTS) is 1. The molecule has 0 bridgehead atoms. The molecule has 2 fully saturated rings. The second kappa shape index (κ2) is 15.3. The minimum absolute atomic E-state index is 0. The molecule has 2 aliphatic heterocycles. The molecule has 0 aliphatic carbocycles. The van der Waals surface area contributed by atoms with E-state index in [-0.39, 0.29) is 37.6 Å². The molecule has 4 rings (SSSR count). The van der Waals surface area contributed by atoms with E-state index in [1.807, 2.05) is 11.0 Å². The highest BCUT2D eigenvalue weighted by Crippen LogP contribution is 2.24. The number of rotatable bonds is 10. The number of amides is 1. The number of aliphatic carboxylic acids is 1. The number of ether oxygens (including phenoxy) is 1. The van der Waals surface area contributed by atoms with Crippen LogP contribution >= 0.6 is 24.8 Å². The van der Waals surface area contributed by atoms with Crippen molar-refractivity contribution in [2.24, 2.45) is 0 Å². The summed E-state index contributed by atoms with van der Waals surface area (Å²) < 4.78 is 5.07. The highest BCUT2D eigenvalue weighted by atomic mass is 35.5. The zero-order chi connectivity index (χ0) is 26.2. The molecule has 214 valence electrons. The third-order valence-electron chi connectivity index (χ3n) is 6.27. The molecular formula is C23H32Cl2N8O6. The van der Waals surface area contributed by atoms with Crippen molar-refractivity contribution >= 4 is 54.5 Å². The summed E-state index contributed by atoms with van der Waals surface area (Å²) in [6.45, 7) is 4.26. The minimum atomic E-state index is -1.46. The quantitative estimate of drug-likeness (QED) is 0.333. The van der Waals surface area contributed by atoms with Crippen molar-refractivity contribution in [2.45, 2.75) is 44.5 Å². The molecule has 0 spiro atoms. The summed E-state index contributed by atoms with van der Waals surface area (Å²) in [6, 6.07) is 7.40. The number of aromatic nitrogens is 4. The Kier molecular flexibility index (Phi) is 12.5. The summed E-state index contributed by atoms with van der Waals surface area (Å²) in [5.74, 6) is -2.60. The van der Waals surface area contributed by atoms with Gasteiger partial charge in [-0.3, -0.25) is 19.3 Å². The van der Waals surface area contributed by atoms with Crippen molar-refractivity contribution < 1.29 is 29.0 Å². The maximum Gasteiger partial charge on any atom is 0.408 e. The Hall–Kier alpha value is -3.33. The maximum atomic E-state index is 12.7. The molecule has 14 nitrogen and oxygen atoms in total. The summed E-state index contributed by atoms with van der Waals surface area (Å²) in [5, 5.41) is 26.7. The topological polar surface area (TPSA) is 172 Å². The van der Waals surface area contributed by atoms with Crippen molar-refractivity contribution in [1.82, 2.24) is 35.7 Å². The van der Waals surface area contributed by atoms with E-state index in [1.54, 1.807) is 24.3 Å². The fourth-order valence-corrected chi connectivity index (χ4v) is 4.44. The largest absolute Gasteiger partial charge is 0.481 e. The van der Waals surface area contributed by atoms with Gasteiger partial charge in [0.25, 0.3) is 11.9 Å². The van der Waals surface area contributed by atoms with E-state index in [0.29, 0.717) is 5.95 Å². The van der Waals surface area contributed by atoms with Crippen LogP contribution in [-0.4, -0.2) is 98.9 Å². The Bertz CT molecular complexity index is 1120. The molecule has 2 saturated heterocycles. The van der Waals surface area contributed by atoms with Crippen LogP contribution in [0.3, 0.4) is 0 Å². The smallest absolute Gasteiger partial charge is 0.408 e. The molecule has 1 aromatic carbocycles. The van der Waals surface area contributed by atoms with Crippen molar-refractivity contribution in [3.63, 3.8) is 0 Å². The average Bonchev–Trinajstić information content (AvgIpc) is 3.58. The Morgan fingerprint density at radius 1 is 1.10 bits per heavy atom. The van der Waals surface area contributed by atoms with E-state index in [9.17, 15) is 24.3 Å². The van der Waals surface area contributed by atoms with E-state index in [0.717, 1.165) is 55.9 Å². The van der Waals surface area contributed by atoms with Gasteiger partial charge in [0, 0.05) is 32.7 Å². The fraction of sp³-hybridized carbons (Fsp3) is 0.522. The lowest BCUT2D eigenvalue weighted by Crippen LogP contribution is -2.53. The minimum Gasteiger partial charge on any atom is -0.481 e. The first-order valence-corrected chi connectivity index (χ1v) is 12.2. The van der Waals surface area contributed by atoms with Crippen molar-refractivity contribution in [3.8, 4) is 0 Å². The molecule has 3 N–H and O–H groups in total. The fourth-order valence-electron chi connectivity index (χ4n) is 4.44. The van der Waals surface area contributed by atoms with E-state index in [4.69, 9.17) is 4.74 Å². The molecule has 2 aliphatic rings. The zero-order valence-electron chi connectivity index (χ0n) is 21.1. The first kappa shape index (κ1) is 31.9. The third-order valence-corrected chi connectivity index (χ3v) is 6.27.